The van der Waals surface area contributed by atoms with Gasteiger partial charge in [-0.25, -0.2) is 4.79 Å². The largest absolute Gasteiger partial charge is 0.462 e. The van der Waals surface area contributed by atoms with E-state index in [1.165, 1.54) is 12.3 Å². The third-order valence-electron chi connectivity index (χ3n) is 3.74. The molecule has 2 aromatic carbocycles. The number of aromatic nitrogens is 1. The van der Waals surface area contributed by atoms with Crippen LogP contribution in [-0.4, -0.2) is 17.6 Å². The number of ether oxygens (including phenoxy) is 1. The normalized spacial score (nSPS) is 11.4. The maximum Gasteiger partial charge on any atom is 0.416 e. The highest BCUT2D eigenvalue weighted by molar-refractivity contribution is 5.94. The van der Waals surface area contributed by atoms with Crippen molar-refractivity contribution in [2.45, 2.75) is 13.1 Å². The molecule has 0 amide bonds. The van der Waals surface area contributed by atoms with Crippen molar-refractivity contribution in [1.29, 1.82) is 0 Å². The molecule has 0 atom stereocenters. The maximum absolute atomic E-state index is 13.0. The SMILES string of the molecule is CCOC(=O)c1ccc(Nc2ccnc3ccc(C(F)(F)F)cc23)cc1. The summed E-state index contributed by atoms with van der Waals surface area (Å²) in [6.45, 7) is 2.00. The Labute approximate surface area is 147 Å². The lowest BCUT2D eigenvalue weighted by Gasteiger charge is -2.12. The van der Waals surface area contributed by atoms with Crippen LogP contribution in [0.5, 0.6) is 0 Å². The molecule has 0 saturated carbocycles. The number of nitrogens with zero attached hydrogens (tertiary/aromatic N) is 1. The second-order valence-corrected chi connectivity index (χ2v) is 5.51. The number of halogens is 3. The van der Waals surface area contributed by atoms with Gasteiger partial charge in [0.2, 0.25) is 0 Å². The van der Waals surface area contributed by atoms with Crippen molar-refractivity contribution >= 4 is 28.2 Å². The van der Waals surface area contributed by atoms with Crippen molar-refractivity contribution in [1.82, 2.24) is 4.98 Å². The van der Waals surface area contributed by atoms with Crippen molar-refractivity contribution < 1.29 is 22.7 Å². The maximum atomic E-state index is 13.0. The highest BCUT2D eigenvalue weighted by Gasteiger charge is 2.30. The van der Waals surface area contributed by atoms with Gasteiger partial charge in [0.15, 0.2) is 0 Å². The third kappa shape index (κ3) is 3.77. The van der Waals surface area contributed by atoms with Gasteiger partial charge in [-0.3, -0.25) is 4.98 Å². The van der Waals surface area contributed by atoms with E-state index in [-0.39, 0.29) is 6.61 Å². The number of nitrogens with one attached hydrogen (secondary N) is 1. The van der Waals surface area contributed by atoms with Gasteiger partial charge in [-0.15, -0.1) is 0 Å². The molecule has 0 radical (unpaired) electrons. The zero-order valence-corrected chi connectivity index (χ0v) is 13.8. The van der Waals surface area contributed by atoms with Gasteiger partial charge in [-0.1, -0.05) is 0 Å². The average molecular weight is 360 g/mol. The Hall–Kier alpha value is -3.09. The summed E-state index contributed by atoms with van der Waals surface area (Å²) in [6.07, 6.45) is -2.91. The first-order valence-corrected chi connectivity index (χ1v) is 7.88. The summed E-state index contributed by atoms with van der Waals surface area (Å²) < 4.78 is 43.8. The summed E-state index contributed by atoms with van der Waals surface area (Å²) in [6, 6.07) is 11.5. The van der Waals surface area contributed by atoms with E-state index in [1.54, 1.807) is 37.3 Å². The van der Waals surface area contributed by atoms with Crippen LogP contribution in [0.1, 0.15) is 22.8 Å². The Morgan fingerprint density at radius 3 is 2.50 bits per heavy atom. The number of rotatable bonds is 4. The van der Waals surface area contributed by atoms with Gasteiger partial charge < -0.3 is 10.1 Å². The molecule has 7 heteroatoms. The predicted octanol–water partition coefficient (Wildman–Crippen LogP) is 5.17. The zero-order valence-electron chi connectivity index (χ0n) is 13.8. The zero-order chi connectivity index (χ0) is 18.7. The molecule has 0 bridgehead atoms. The van der Waals surface area contributed by atoms with E-state index in [1.807, 2.05) is 0 Å². The van der Waals surface area contributed by atoms with Crippen LogP contribution in [0, 0.1) is 0 Å². The molecule has 26 heavy (non-hydrogen) atoms. The summed E-state index contributed by atoms with van der Waals surface area (Å²) in [7, 11) is 0. The second kappa shape index (κ2) is 7.03. The molecule has 0 saturated heterocycles. The summed E-state index contributed by atoms with van der Waals surface area (Å²) in [5, 5.41) is 3.42. The Bertz CT molecular complexity index is 938. The number of carbonyl (C=O) groups is 1. The minimum atomic E-state index is -4.43. The van der Waals surface area contributed by atoms with Crippen molar-refractivity contribution in [2.75, 3.05) is 11.9 Å². The quantitative estimate of drug-likeness (QED) is 0.652. The molecular formula is C19H15F3N2O2. The van der Waals surface area contributed by atoms with E-state index in [9.17, 15) is 18.0 Å². The van der Waals surface area contributed by atoms with Crippen molar-refractivity contribution in [3.63, 3.8) is 0 Å². The number of alkyl halides is 3. The smallest absolute Gasteiger partial charge is 0.416 e. The van der Waals surface area contributed by atoms with Gasteiger partial charge in [0.05, 0.1) is 23.3 Å². The molecule has 1 heterocycles. The van der Waals surface area contributed by atoms with Gasteiger partial charge in [-0.2, -0.15) is 13.2 Å². The van der Waals surface area contributed by atoms with Gasteiger partial charge in [0.25, 0.3) is 0 Å². The molecule has 0 aliphatic heterocycles. The molecule has 0 unspecified atom stereocenters. The van der Waals surface area contributed by atoms with Crippen molar-refractivity contribution in [2.24, 2.45) is 0 Å². The van der Waals surface area contributed by atoms with Gasteiger partial charge in [-0.05, 0) is 55.5 Å². The lowest BCUT2D eigenvalue weighted by molar-refractivity contribution is -0.137. The summed E-state index contributed by atoms with van der Waals surface area (Å²) in [5.41, 5.74) is 1.23. The van der Waals surface area contributed by atoms with Crippen LogP contribution in [0.25, 0.3) is 10.9 Å². The molecule has 0 fully saturated rings. The van der Waals surface area contributed by atoms with Gasteiger partial charge in [0, 0.05) is 23.0 Å². The van der Waals surface area contributed by atoms with E-state index >= 15 is 0 Å². The summed E-state index contributed by atoms with van der Waals surface area (Å²) in [4.78, 5) is 15.8. The van der Waals surface area contributed by atoms with E-state index in [0.717, 1.165) is 12.1 Å². The van der Waals surface area contributed by atoms with Gasteiger partial charge in [0.1, 0.15) is 0 Å². The number of carbonyl (C=O) groups excluding carboxylic acids is 1. The fourth-order valence-electron chi connectivity index (χ4n) is 2.49. The molecular weight excluding hydrogens is 345 g/mol. The second-order valence-electron chi connectivity index (χ2n) is 5.51. The van der Waals surface area contributed by atoms with Crippen LogP contribution in [0.2, 0.25) is 0 Å². The molecule has 3 rings (SSSR count). The Morgan fingerprint density at radius 1 is 1.12 bits per heavy atom. The molecule has 4 nitrogen and oxygen atoms in total. The summed E-state index contributed by atoms with van der Waals surface area (Å²) >= 11 is 0. The van der Waals surface area contributed by atoms with Crippen LogP contribution in [0.4, 0.5) is 24.5 Å². The van der Waals surface area contributed by atoms with Crippen LogP contribution in [0.15, 0.2) is 54.7 Å². The number of hydrogen-bond donors (Lipinski definition) is 1. The minimum absolute atomic E-state index is 0.281. The third-order valence-corrected chi connectivity index (χ3v) is 3.74. The van der Waals surface area contributed by atoms with Crippen LogP contribution in [-0.2, 0) is 10.9 Å². The van der Waals surface area contributed by atoms with Crippen molar-refractivity contribution in [3.05, 3.63) is 65.9 Å². The molecule has 1 N–H and O–H groups in total. The number of hydrogen-bond acceptors (Lipinski definition) is 4. The first-order valence-electron chi connectivity index (χ1n) is 7.88. The highest BCUT2D eigenvalue weighted by Crippen LogP contribution is 2.33. The number of anilines is 2. The molecule has 0 aliphatic carbocycles. The fraction of sp³-hybridized carbons (Fsp3) is 0.158. The van der Waals surface area contributed by atoms with Crippen LogP contribution in [0.3, 0.4) is 0 Å². The van der Waals surface area contributed by atoms with Crippen molar-refractivity contribution in [3.8, 4) is 0 Å². The van der Waals surface area contributed by atoms with Crippen LogP contribution < -0.4 is 5.32 Å². The number of fused-ring (bicyclic) bond motifs is 1. The summed E-state index contributed by atoms with van der Waals surface area (Å²) in [5.74, 6) is -0.428. The molecule has 0 aliphatic rings. The van der Waals surface area contributed by atoms with E-state index in [0.29, 0.717) is 27.8 Å². The molecule has 3 aromatic rings. The van der Waals surface area contributed by atoms with E-state index in [2.05, 4.69) is 10.3 Å². The number of esters is 1. The van der Waals surface area contributed by atoms with Gasteiger partial charge >= 0.3 is 12.1 Å². The predicted molar refractivity (Wildman–Crippen MR) is 92.4 cm³/mol. The molecule has 134 valence electrons. The van der Waals surface area contributed by atoms with E-state index < -0.39 is 17.7 Å². The minimum Gasteiger partial charge on any atom is -0.462 e. The lowest BCUT2D eigenvalue weighted by Crippen LogP contribution is -2.05. The Morgan fingerprint density at radius 2 is 1.85 bits per heavy atom. The van der Waals surface area contributed by atoms with Crippen LogP contribution >= 0.6 is 0 Å². The lowest BCUT2D eigenvalue weighted by atomic mass is 10.1. The standard InChI is InChI=1S/C19H15F3N2O2/c1-2-26-18(25)12-3-6-14(7-4-12)24-17-9-10-23-16-8-5-13(11-15(16)17)19(20,21)22/h3-11H,2H2,1H3,(H,23,24). The average Bonchev–Trinajstić information content (AvgIpc) is 2.61. The molecule has 0 spiro atoms. The molecule has 1 aromatic heterocycles. The topological polar surface area (TPSA) is 51.2 Å². The number of benzene rings is 2. The monoisotopic (exact) mass is 360 g/mol. The van der Waals surface area contributed by atoms with E-state index in [4.69, 9.17) is 4.74 Å². The highest BCUT2D eigenvalue weighted by atomic mass is 19.4. The first kappa shape index (κ1) is 17.7. The number of pyridine rings is 1. The first-order chi connectivity index (χ1) is 12.4. The fourth-order valence-corrected chi connectivity index (χ4v) is 2.49. The Balaban J connectivity index is 1.92. The Kier molecular flexibility index (Phi) is 4.79.